The number of ether oxygens (including phenoxy) is 4. The Morgan fingerprint density at radius 2 is 0.938 bits per heavy atom. The quantitative estimate of drug-likeness (QED) is 0.0670. The minimum absolute atomic E-state index is 0.0985. The first kappa shape index (κ1) is 47.0. The summed E-state index contributed by atoms with van der Waals surface area (Å²) < 4.78 is 99.6. The molecule has 8 aromatic rings. The molecule has 0 saturated carbocycles. The van der Waals surface area contributed by atoms with Gasteiger partial charge in [0.15, 0.2) is 0 Å². The number of rotatable bonds is 13. The van der Waals surface area contributed by atoms with Gasteiger partial charge in [0.2, 0.25) is 5.13 Å². The molecule has 8 rings (SSSR count). The van der Waals surface area contributed by atoms with E-state index in [2.05, 4.69) is 27.7 Å². The standard InChI is InChI=1S/C35H26F3N3O3S.C13H9F3O.CHNS/c36-35(37,38)27-12-7-13-30(20-27)44-29-16-14-28(15-17-29)39-34-41-40-33(45-34)26-18-31(42-22-24-8-3-1-4-9-24)21-32(19-26)43-23-25-10-5-2-6-11-25;14-13(15,16)10-5-4-8-12(9-10)17-11-6-2-1-3-7-11;2-1-3/h1-21H,22-23H2,(H,39,41);1-9H;2H. The van der Waals surface area contributed by atoms with E-state index in [4.69, 9.17) is 24.4 Å². The SMILES string of the molecule is FC(F)(F)c1cccc(Oc2ccc(Nc3nnc(-c4cc(OCc5ccccc5)cc(OCc5ccccc5)c4)s3)cc2)c1.FC(F)(F)c1cccc(Oc2ccccc2)c1.N=C=S. The lowest BCUT2D eigenvalue weighted by Gasteiger charge is -2.12. The van der Waals surface area contributed by atoms with Gasteiger partial charge in [0.05, 0.1) is 16.3 Å². The number of hydrogen-bond acceptors (Lipinski definition) is 10. The highest BCUT2D eigenvalue weighted by atomic mass is 32.1. The third kappa shape index (κ3) is 15.1. The van der Waals surface area contributed by atoms with Crippen molar-refractivity contribution in [2.75, 3.05) is 5.32 Å². The number of nitrogens with one attached hydrogen (secondary N) is 2. The van der Waals surface area contributed by atoms with E-state index in [-0.39, 0.29) is 11.5 Å². The fourth-order valence-electron chi connectivity index (χ4n) is 5.70. The summed E-state index contributed by atoms with van der Waals surface area (Å²) in [6.07, 6.45) is -8.79. The highest BCUT2D eigenvalue weighted by molar-refractivity contribution is 7.78. The van der Waals surface area contributed by atoms with E-state index < -0.39 is 23.5 Å². The average molecular weight is 923 g/mol. The van der Waals surface area contributed by atoms with Gasteiger partial charge in [0, 0.05) is 17.3 Å². The first-order chi connectivity index (χ1) is 31.3. The van der Waals surface area contributed by atoms with Gasteiger partial charge >= 0.3 is 12.4 Å². The fraction of sp³-hybridized carbons (Fsp3) is 0.0816. The molecular weight excluding hydrogens is 887 g/mol. The number of alkyl halides is 6. The van der Waals surface area contributed by atoms with Crippen LogP contribution < -0.4 is 24.3 Å². The maximum atomic E-state index is 13.0. The zero-order chi connectivity index (χ0) is 46.1. The second kappa shape index (κ2) is 22.7. The van der Waals surface area contributed by atoms with Crippen LogP contribution in [0.3, 0.4) is 0 Å². The van der Waals surface area contributed by atoms with Crippen LogP contribution in [0, 0.1) is 5.41 Å². The smallest absolute Gasteiger partial charge is 0.416 e. The van der Waals surface area contributed by atoms with Crippen LogP contribution in [0.25, 0.3) is 10.6 Å². The van der Waals surface area contributed by atoms with Gasteiger partial charge in [-0.3, -0.25) is 0 Å². The van der Waals surface area contributed by atoms with Crippen molar-refractivity contribution in [3.05, 3.63) is 204 Å². The summed E-state index contributed by atoms with van der Waals surface area (Å²) in [5, 5.41) is 20.5. The van der Waals surface area contributed by atoms with E-state index in [9.17, 15) is 26.3 Å². The molecule has 16 heteroatoms. The Bertz CT molecular complexity index is 2690. The number of anilines is 2. The minimum atomic E-state index is -4.44. The summed E-state index contributed by atoms with van der Waals surface area (Å²) in [5.74, 6) is 2.45. The number of thiocarbonyl (C=S) groups is 1. The van der Waals surface area contributed by atoms with E-state index >= 15 is 0 Å². The third-order valence-electron chi connectivity index (χ3n) is 8.69. The highest BCUT2D eigenvalue weighted by Crippen LogP contribution is 2.37. The van der Waals surface area contributed by atoms with Crippen LogP contribution in [0.1, 0.15) is 22.3 Å². The molecule has 0 radical (unpaired) electrons. The summed E-state index contributed by atoms with van der Waals surface area (Å²) >= 11 is 5.17. The van der Waals surface area contributed by atoms with Gasteiger partial charge in [-0.25, -0.2) is 5.41 Å². The van der Waals surface area contributed by atoms with Crippen molar-refractivity contribution < 1.29 is 45.3 Å². The normalized spacial score (nSPS) is 10.8. The lowest BCUT2D eigenvalue weighted by Crippen LogP contribution is -2.04. The van der Waals surface area contributed by atoms with Gasteiger partial charge in [-0.05, 0) is 108 Å². The maximum Gasteiger partial charge on any atom is 0.416 e. The van der Waals surface area contributed by atoms with Crippen LogP contribution >= 0.6 is 23.6 Å². The van der Waals surface area contributed by atoms with Crippen LogP contribution in [0.2, 0.25) is 0 Å². The number of halogens is 6. The molecule has 1 aromatic heterocycles. The third-order valence-corrected chi connectivity index (χ3v) is 9.58. The summed E-state index contributed by atoms with van der Waals surface area (Å²) in [7, 11) is 0. The van der Waals surface area contributed by atoms with Gasteiger partial charge in [-0.15, -0.1) is 10.2 Å². The summed E-state index contributed by atoms with van der Waals surface area (Å²) in [6, 6.07) is 50.5. The number of hydrogen-bond donors (Lipinski definition) is 2. The molecule has 1 heterocycles. The zero-order valence-corrected chi connectivity index (χ0v) is 35.5. The van der Waals surface area contributed by atoms with Crippen molar-refractivity contribution in [2.45, 2.75) is 25.6 Å². The van der Waals surface area contributed by atoms with Crippen LogP contribution in [0.4, 0.5) is 37.2 Å². The molecule has 8 nitrogen and oxygen atoms in total. The molecular formula is C49H36F6N4O4S2. The number of nitrogens with zero attached hydrogens (tertiary/aromatic N) is 2. The van der Waals surface area contributed by atoms with Gasteiger partial charge in [0.25, 0.3) is 0 Å². The van der Waals surface area contributed by atoms with Gasteiger partial charge in [-0.2, -0.15) is 26.3 Å². The average Bonchev–Trinajstić information content (AvgIpc) is 3.78. The second-order valence-electron chi connectivity index (χ2n) is 13.5. The first-order valence-electron chi connectivity index (χ1n) is 19.3. The molecule has 330 valence electrons. The van der Waals surface area contributed by atoms with Crippen LogP contribution in [-0.4, -0.2) is 15.4 Å². The van der Waals surface area contributed by atoms with E-state index in [1.54, 1.807) is 59.8 Å². The summed E-state index contributed by atoms with van der Waals surface area (Å²) in [6.45, 7) is 0.803. The number of para-hydroxylation sites is 1. The van der Waals surface area contributed by atoms with E-state index in [1.165, 1.54) is 35.6 Å². The molecule has 7 aromatic carbocycles. The number of aromatic nitrogens is 2. The Kier molecular flexibility index (Phi) is 16.4. The largest absolute Gasteiger partial charge is 0.489 e. The fourth-order valence-corrected chi connectivity index (χ4v) is 6.45. The molecule has 0 bridgehead atoms. The van der Waals surface area contributed by atoms with Crippen molar-refractivity contribution in [3.63, 3.8) is 0 Å². The topological polar surface area (TPSA) is 98.6 Å². The van der Waals surface area contributed by atoms with Crippen molar-refractivity contribution in [1.82, 2.24) is 10.2 Å². The molecule has 0 atom stereocenters. The first-order valence-corrected chi connectivity index (χ1v) is 20.6. The van der Waals surface area contributed by atoms with Crippen LogP contribution in [0.5, 0.6) is 34.5 Å². The predicted molar refractivity (Wildman–Crippen MR) is 241 cm³/mol. The summed E-state index contributed by atoms with van der Waals surface area (Å²) in [5.41, 5.74) is 2.10. The van der Waals surface area contributed by atoms with Crippen molar-refractivity contribution in [2.24, 2.45) is 0 Å². The van der Waals surface area contributed by atoms with Crippen molar-refractivity contribution in [3.8, 4) is 45.1 Å². The maximum absolute atomic E-state index is 13.0. The predicted octanol–water partition coefficient (Wildman–Crippen LogP) is 15.1. The molecule has 0 spiro atoms. The Balaban J connectivity index is 0.000000291. The molecule has 0 aliphatic carbocycles. The van der Waals surface area contributed by atoms with E-state index in [1.807, 2.05) is 78.9 Å². The lowest BCUT2D eigenvalue weighted by molar-refractivity contribution is -0.138. The Morgan fingerprint density at radius 1 is 0.508 bits per heavy atom. The Labute approximate surface area is 379 Å². The zero-order valence-electron chi connectivity index (χ0n) is 33.8. The molecule has 0 aliphatic rings. The molecule has 0 unspecified atom stereocenters. The molecule has 2 N–H and O–H groups in total. The van der Waals surface area contributed by atoms with Crippen molar-refractivity contribution >= 4 is 39.5 Å². The Morgan fingerprint density at radius 3 is 1.40 bits per heavy atom. The monoisotopic (exact) mass is 922 g/mol. The van der Waals surface area contributed by atoms with Crippen LogP contribution in [0.15, 0.2) is 182 Å². The molecule has 0 fully saturated rings. The Hall–Kier alpha value is -7.52. The molecule has 0 aliphatic heterocycles. The van der Waals surface area contributed by atoms with E-state index in [0.717, 1.165) is 41.0 Å². The van der Waals surface area contributed by atoms with Crippen LogP contribution in [-0.2, 0) is 25.6 Å². The van der Waals surface area contributed by atoms with Gasteiger partial charge in [0.1, 0.15) is 52.7 Å². The van der Waals surface area contributed by atoms with E-state index in [0.29, 0.717) is 52.0 Å². The number of isothiocyanates is 1. The highest BCUT2D eigenvalue weighted by Gasteiger charge is 2.31. The second-order valence-corrected chi connectivity index (χ2v) is 14.7. The molecule has 65 heavy (non-hydrogen) atoms. The minimum Gasteiger partial charge on any atom is -0.489 e. The molecule has 0 amide bonds. The summed E-state index contributed by atoms with van der Waals surface area (Å²) in [4.78, 5) is 0. The lowest BCUT2D eigenvalue weighted by atomic mass is 10.2. The van der Waals surface area contributed by atoms with Gasteiger partial charge in [-0.1, -0.05) is 102 Å². The molecule has 0 saturated heterocycles. The van der Waals surface area contributed by atoms with Crippen molar-refractivity contribution in [1.29, 1.82) is 5.41 Å². The van der Waals surface area contributed by atoms with Gasteiger partial charge < -0.3 is 24.3 Å². The number of benzene rings is 7.